The number of carbonyl (C=O) groups excluding carboxylic acids is 1. The van der Waals surface area contributed by atoms with Gasteiger partial charge in [-0.05, 0) is 32.4 Å². The fourth-order valence-corrected chi connectivity index (χ4v) is 1.43. The van der Waals surface area contributed by atoms with Gasteiger partial charge in [-0.15, -0.1) is 0 Å². The minimum Gasteiger partial charge on any atom is -0.461 e. The summed E-state index contributed by atoms with van der Waals surface area (Å²) in [5.41, 5.74) is 1.85. The smallest absolute Gasteiger partial charge is 0.328 e. The lowest BCUT2D eigenvalue weighted by molar-refractivity contribution is -0.147. The van der Waals surface area contributed by atoms with Crippen LogP contribution in [0.1, 0.15) is 26.3 Å². The molecule has 3 nitrogen and oxygen atoms in total. The highest BCUT2D eigenvalue weighted by Crippen LogP contribution is 2.17. The summed E-state index contributed by atoms with van der Waals surface area (Å²) in [5.74, 6) is -0.251. The third kappa shape index (κ3) is 3.94. The van der Waals surface area contributed by atoms with Crippen LogP contribution in [0.5, 0.6) is 0 Å². The molecule has 3 heteroatoms. The SMILES string of the molecule is C=Cc1ccccc1NC(C)C(=O)OC(C)C. The lowest BCUT2D eigenvalue weighted by Crippen LogP contribution is -2.30. The molecule has 0 spiro atoms. The number of benzene rings is 1. The van der Waals surface area contributed by atoms with Crippen molar-refractivity contribution >= 4 is 17.7 Å². The van der Waals surface area contributed by atoms with E-state index in [9.17, 15) is 4.79 Å². The Morgan fingerprint density at radius 2 is 2.00 bits per heavy atom. The fourth-order valence-electron chi connectivity index (χ4n) is 1.43. The van der Waals surface area contributed by atoms with Gasteiger partial charge in [0.15, 0.2) is 0 Å². The molecule has 0 aliphatic rings. The van der Waals surface area contributed by atoms with Crippen LogP contribution in [0.4, 0.5) is 5.69 Å². The molecule has 1 atom stereocenters. The molecule has 1 N–H and O–H groups in total. The summed E-state index contributed by atoms with van der Waals surface area (Å²) in [6, 6.07) is 7.32. The first-order chi connectivity index (χ1) is 8.04. The lowest BCUT2D eigenvalue weighted by Gasteiger charge is -2.17. The third-order valence-electron chi connectivity index (χ3n) is 2.26. The summed E-state index contributed by atoms with van der Waals surface area (Å²) in [7, 11) is 0. The summed E-state index contributed by atoms with van der Waals surface area (Å²) in [6.45, 7) is 9.19. The van der Waals surface area contributed by atoms with Crippen molar-refractivity contribution in [1.29, 1.82) is 0 Å². The van der Waals surface area contributed by atoms with Gasteiger partial charge in [-0.3, -0.25) is 0 Å². The molecule has 0 heterocycles. The highest BCUT2D eigenvalue weighted by atomic mass is 16.5. The number of rotatable bonds is 5. The first kappa shape index (κ1) is 13.3. The Hall–Kier alpha value is -1.77. The molecule has 0 aromatic heterocycles. The monoisotopic (exact) mass is 233 g/mol. The van der Waals surface area contributed by atoms with E-state index in [0.29, 0.717) is 0 Å². The molecule has 17 heavy (non-hydrogen) atoms. The number of ether oxygens (including phenoxy) is 1. The molecule has 0 amide bonds. The average molecular weight is 233 g/mol. The summed E-state index contributed by atoms with van der Waals surface area (Å²) in [4.78, 5) is 11.6. The molecule has 1 rings (SSSR count). The van der Waals surface area contributed by atoms with E-state index in [0.717, 1.165) is 11.3 Å². The minimum atomic E-state index is -0.376. The Morgan fingerprint density at radius 3 is 2.59 bits per heavy atom. The third-order valence-corrected chi connectivity index (χ3v) is 2.26. The van der Waals surface area contributed by atoms with Crippen molar-refractivity contribution in [3.05, 3.63) is 36.4 Å². The zero-order valence-corrected chi connectivity index (χ0v) is 10.6. The van der Waals surface area contributed by atoms with E-state index in [4.69, 9.17) is 4.74 Å². The van der Waals surface area contributed by atoms with Crippen molar-refractivity contribution in [2.45, 2.75) is 32.9 Å². The molecule has 0 bridgehead atoms. The van der Waals surface area contributed by atoms with E-state index in [1.165, 1.54) is 0 Å². The number of para-hydroxylation sites is 1. The van der Waals surface area contributed by atoms with Gasteiger partial charge in [0.25, 0.3) is 0 Å². The van der Waals surface area contributed by atoms with Gasteiger partial charge in [-0.25, -0.2) is 4.79 Å². The lowest BCUT2D eigenvalue weighted by atomic mass is 10.1. The Morgan fingerprint density at radius 1 is 1.35 bits per heavy atom. The van der Waals surface area contributed by atoms with E-state index in [2.05, 4.69) is 11.9 Å². The van der Waals surface area contributed by atoms with Crippen LogP contribution in [0.3, 0.4) is 0 Å². The predicted molar refractivity (Wildman–Crippen MR) is 70.8 cm³/mol. The van der Waals surface area contributed by atoms with Gasteiger partial charge in [0, 0.05) is 5.69 Å². The average Bonchev–Trinajstić information content (AvgIpc) is 2.28. The van der Waals surface area contributed by atoms with Crippen LogP contribution in [0, 0.1) is 0 Å². The topological polar surface area (TPSA) is 38.3 Å². The standard InChI is InChI=1S/C14H19NO2/c1-5-12-8-6-7-9-13(12)15-11(4)14(16)17-10(2)3/h5-11,15H,1H2,2-4H3. The maximum atomic E-state index is 11.6. The molecule has 0 fully saturated rings. The van der Waals surface area contributed by atoms with Gasteiger partial charge in [-0.2, -0.15) is 0 Å². The minimum absolute atomic E-state index is 0.0959. The number of esters is 1. The second-order valence-corrected chi connectivity index (χ2v) is 4.14. The van der Waals surface area contributed by atoms with Crippen molar-refractivity contribution in [3.63, 3.8) is 0 Å². The summed E-state index contributed by atoms with van der Waals surface area (Å²) in [5, 5.41) is 3.12. The number of nitrogens with one attached hydrogen (secondary N) is 1. The van der Waals surface area contributed by atoms with Crippen LogP contribution in [-0.4, -0.2) is 18.1 Å². The summed E-state index contributed by atoms with van der Waals surface area (Å²) >= 11 is 0. The first-order valence-corrected chi connectivity index (χ1v) is 5.73. The zero-order valence-electron chi connectivity index (χ0n) is 10.6. The van der Waals surface area contributed by atoms with Crippen molar-refractivity contribution in [1.82, 2.24) is 0 Å². The maximum Gasteiger partial charge on any atom is 0.328 e. The van der Waals surface area contributed by atoms with Crippen molar-refractivity contribution in [2.24, 2.45) is 0 Å². The first-order valence-electron chi connectivity index (χ1n) is 5.73. The quantitative estimate of drug-likeness (QED) is 0.794. The predicted octanol–water partition coefficient (Wildman–Crippen LogP) is 3.08. The van der Waals surface area contributed by atoms with Crippen LogP contribution in [0.15, 0.2) is 30.8 Å². The highest BCUT2D eigenvalue weighted by Gasteiger charge is 2.16. The second-order valence-electron chi connectivity index (χ2n) is 4.14. The molecule has 0 aliphatic carbocycles. The Labute approximate surface area is 102 Å². The molecule has 0 saturated carbocycles. The van der Waals surface area contributed by atoms with E-state index in [1.807, 2.05) is 38.1 Å². The van der Waals surface area contributed by atoms with Crippen LogP contribution in [0.25, 0.3) is 6.08 Å². The number of hydrogen-bond acceptors (Lipinski definition) is 3. The number of anilines is 1. The van der Waals surface area contributed by atoms with Crippen LogP contribution < -0.4 is 5.32 Å². The van der Waals surface area contributed by atoms with E-state index >= 15 is 0 Å². The molecule has 1 unspecified atom stereocenters. The van der Waals surface area contributed by atoms with Gasteiger partial charge in [-0.1, -0.05) is 30.9 Å². The fraction of sp³-hybridized carbons (Fsp3) is 0.357. The molecule has 1 aromatic carbocycles. The largest absolute Gasteiger partial charge is 0.461 e. The Kier molecular flexibility index (Phi) is 4.76. The van der Waals surface area contributed by atoms with Gasteiger partial charge in [0.1, 0.15) is 6.04 Å². The normalized spacial score (nSPS) is 12.0. The van der Waals surface area contributed by atoms with Gasteiger partial charge >= 0.3 is 5.97 Å². The summed E-state index contributed by atoms with van der Waals surface area (Å²) in [6.07, 6.45) is 1.66. The second kappa shape index (κ2) is 6.09. The van der Waals surface area contributed by atoms with Crippen molar-refractivity contribution in [2.75, 3.05) is 5.32 Å². The van der Waals surface area contributed by atoms with Crippen molar-refractivity contribution < 1.29 is 9.53 Å². The molecule has 0 saturated heterocycles. The van der Waals surface area contributed by atoms with E-state index in [1.54, 1.807) is 13.0 Å². The molecule has 1 aromatic rings. The van der Waals surface area contributed by atoms with Gasteiger partial charge < -0.3 is 10.1 Å². The maximum absolute atomic E-state index is 11.6. The van der Waals surface area contributed by atoms with Gasteiger partial charge in [0.2, 0.25) is 0 Å². The molecule has 0 radical (unpaired) electrons. The highest BCUT2D eigenvalue weighted by molar-refractivity contribution is 5.80. The van der Waals surface area contributed by atoms with E-state index in [-0.39, 0.29) is 18.1 Å². The molecule has 0 aliphatic heterocycles. The van der Waals surface area contributed by atoms with Crippen LogP contribution >= 0.6 is 0 Å². The molecular formula is C14H19NO2. The summed E-state index contributed by atoms with van der Waals surface area (Å²) < 4.78 is 5.13. The number of carbonyl (C=O) groups is 1. The number of hydrogen-bond donors (Lipinski definition) is 1. The Bertz CT molecular complexity index is 399. The van der Waals surface area contributed by atoms with Crippen molar-refractivity contribution in [3.8, 4) is 0 Å². The zero-order chi connectivity index (χ0) is 12.8. The molecule has 92 valence electrons. The van der Waals surface area contributed by atoms with E-state index < -0.39 is 0 Å². The van der Waals surface area contributed by atoms with Gasteiger partial charge in [0.05, 0.1) is 6.10 Å². The van der Waals surface area contributed by atoms with Crippen LogP contribution in [-0.2, 0) is 9.53 Å². The molecular weight excluding hydrogens is 214 g/mol. The van der Waals surface area contributed by atoms with Crippen LogP contribution in [0.2, 0.25) is 0 Å². The Balaban J connectivity index is 2.70.